The average Bonchev–Trinajstić information content (AvgIpc) is 1.98. The van der Waals surface area contributed by atoms with E-state index in [4.69, 9.17) is 11.6 Å². The average molecular weight is 232 g/mol. The third kappa shape index (κ3) is 8.98. The second-order valence-corrected chi connectivity index (χ2v) is 4.80. The second kappa shape index (κ2) is 9.97. The molecular formula is C8H19Cl2NS. The SMILES string of the molecule is CCN(CC)CCSC(C)Cl.Cl. The zero-order valence-electron chi connectivity index (χ0n) is 8.05. The van der Waals surface area contributed by atoms with E-state index >= 15 is 0 Å². The van der Waals surface area contributed by atoms with Crippen LogP contribution in [0.25, 0.3) is 0 Å². The maximum absolute atomic E-state index is 5.79. The van der Waals surface area contributed by atoms with Crippen LogP contribution in [0.1, 0.15) is 20.8 Å². The van der Waals surface area contributed by atoms with Crippen LogP contribution in [0.3, 0.4) is 0 Å². The Kier molecular flexibility index (Phi) is 12.8. The first kappa shape index (κ1) is 15.4. The number of thioether (sulfide) groups is 1. The zero-order chi connectivity index (χ0) is 8.69. The predicted octanol–water partition coefficient (Wildman–Crippen LogP) is 3.07. The van der Waals surface area contributed by atoms with Gasteiger partial charge in [-0.2, -0.15) is 0 Å². The van der Waals surface area contributed by atoms with Crippen molar-refractivity contribution in [3.8, 4) is 0 Å². The fourth-order valence-corrected chi connectivity index (χ4v) is 1.84. The maximum Gasteiger partial charge on any atom is 0.0761 e. The van der Waals surface area contributed by atoms with Crippen molar-refractivity contribution >= 4 is 35.8 Å². The van der Waals surface area contributed by atoms with Gasteiger partial charge in [0.05, 0.1) is 4.71 Å². The van der Waals surface area contributed by atoms with Gasteiger partial charge in [0.15, 0.2) is 0 Å². The van der Waals surface area contributed by atoms with Gasteiger partial charge >= 0.3 is 0 Å². The van der Waals surface area contributed by atoms with Crippen LogP contribution in [-0.4, -0.2) is 35.0 Å². The molecular weight excluding hydrogens is 213 g/mol. The van der Waals surface area contributed by atoms with E-state index in [0.29, 0.717) is 0 Å². The van der Waals surface area contributed by atoms with Crippen molar-refractivity contribution in [1.82, 2.24) is 4.90 Å². The van der Waals surface area contributed by atoms with Crippen LogP contribution in [0.2, 0.25) is 0 Å². The van der Waals surface area contributed by atoms with E-state index in [0.717, 1.165) is 25.4 Å². The van der Waals surface area contributed by atoms with Crippen LogP contribution < -0.4 is 0 Å². The number of alkyl halides is 1. The van der Waals surface area contributed by atoms with Crippen molar-refractivity contribution in [3.05, 3.63) is 0 Å². The first-order chi connectivity index (χ1) is 5.20. The Morgan fingerprint density at radius 1 is 1.33 bits per heavy atom. The summed E-state index contributed by atoms with van der Waals surface area (Å²) in [6.07, 6.45) is 0. The number of rotatable bonds is 6. The predicted molar refractivity (Wildman–Crippen MR) is 62.8 cm³/mol. The molecule has 0 saturated carbocycles. The van der Waals surface area contributed by atoms with Crippen molar-refractivity contribution in [3.63, 3.8) is 0 Å². The third-order valence-corrected chi connectivity index (χ3v) is 2.91. The lowest BCUT2D eigenvalue weighted by atomic mass is 10.5. The van der Waals surface area contributed by atoms with E-state index in [9.17, 15) is 0 Å². The second-order valence-electron chi connectivity index (χ2n) is 2.44. The summed E-state index contributed by atoms with van der Waals surface area (Å²) < 4.78 is 0.255. The molecule has 0 spiro atoms. The smallest absolute Gasteiger partial charge is 0.0761 e. The topological polar surface area (TPSA) is 3.24 Å². The molecule has 0 aromatic heterocycles. The minimum Gasteiger partial charge on any atom is -0.303 e. The molecule has 0 N–H and O–H groups in total. The fraction of sp³-hybridized carbons (Fsp3) is 1.00. The van der Waals surface area contributed by atoms with Crippen LogP contribution in [0.15, 0.2) is 0 Å². The number of hydrogen-bond donors (Lipinski definition) is 0. The molecule has 0 radical (unpaired) electrons. The lowest BCUT2D eigenvalue weighted by Gasteiger charge is -2.17. The summed E-state index contributed by atoms with van der Waals surface area (Å²) in [7, 11) is 0. The van der Waals surface area contributed by atoms with Gasteiger partial charge in [-0.05, 0) is 20.0 Å². The summed E-state index contributed by atoms with van der Waals surface area (Å²) in [6, 6.07) is 0. The lowest BCUT2D eigenvalue weighted by molar-refractivity contribution is 0.324. The van der Waals surface area contributed by atoms with E-state index in [1.54, 1.807) is 0 Å². The van der Waals surface area contributed by atoms with E-state index in [1.165, 1.54) is 0 Å². The van der Waals surface area contributed by atoms with Crippen molar-refractivity contribution in [2.75, 3.05) is 25.4 Å². The van der Waals surface area contributed by atoms with Gasteiger partial charge in [-0.15, -0.1) is 35.8 Å². The molecule has 0 saturated heterocycles. The molecule has 0 bridgehead atoms. The van der Waals surface area contributed by atoms with Crippen molar-refractivity contribution < 1.29 is 0 Å². The number of halogens is 2. The van der Waals surface area contributed by atoms with Crippen LogP contribution >= 0.6 is 35.8 Å². The Hall–Kier alpha value is 0.890. The molecule has 0 amide bonds. The van der Waals surface area contributed by atoms with Gasteiger partial charge < -0.3 is 4.90 Å². The van der Waals surface area contributed by atoms with Gasteiger partial charge in [0, 0.05) is 12.3 Å². The highest BCUT2D eigenvalue weighted by Crippen LogP contribution is 2.13. The Bertz CT molecular complexity index is 87.1. The van der Waals surface area contributed by atoms with Crippen molar-refractivity contribution in [2.45, 2.75) is 25.5 Å². The van der Waals surface area contributed by atoms with Gasteiger partial charge in [-0.1, -0.05) is 13.8 Å². The molecule has 0 aromatic carbocycles. The van der Waals surface area contributed by atoms with E-state index < -0.39 is 0 Å². The fourth-order valence-electron chi connectivity index (χ4n) is 0.884. The summed E-state index contributed by atoms with van der Waals surface area (Å²) >= 11 is 7.61. The summed E-state index contributed by atoms with van der Waals surface area (Å²) in [4.78, 5) is 2.41. The normalized spacial score (nSPS) is 12.8. The monoisotopic (exact) mass is 231 g/mol. The van der Waals surface area contributed by atoms with Crippen molar-refractivity contribution in [1.29, 1.82) is 0 Å². The maximum atomic E-state index is 5.79. The van der Waals surface area contributed by atoms with Crippen molar-refractivity contribution in [2.24, 2.45) is 0 Å². The van der Waals surface area contributed by atoms with E-state index in [1.807, 2.05) is 18.7 Å². The zero-order valence-corrected chi connectivity index (χ0v) is 10.4. The number of nitrogens with zero attached hydrogens (tertiary/aromatic N) is 1. The standard InChI is InChI=1S/C8H18ClNS.ClH/c1-4-10(5-2)6-7-11-8(3)9;/h8H,4-7H2,1-3H3;1H. The van der Waals surface area contributed by atoms with Gasteiger partial charge in [0.2, 0.25) is 0 Å². The largest absolute Gasteiger partial charge is 0.303 e. The molecule has 4 heteroatoms. The Balaban J connectivity index is 0. The summed E-state index contributed by atoms with van der Waals surface area (Å²) in [6.45, 7) is 9.86. The Morgan fingerprint density at radius 2 is 1.83 bits per heavy atom. The van der Waals surface area contributed by atoms with Crippen LogP contribution in [0.5, 0.6) is 0 Å². The molecule has 0 aliphatic carbocycles. The van der Waals surface area contributed by atoms with E-state index in [-0.39, 0.29) is 17.1 Å². The third-order valence-electron chi connectivity index (χ3n) is 1.65. The summed E-state index contributed by atoms with van der Waals surface area (Å²) in [5.41, 5.74) is 0. The molecule has 0 rings (SSSR count). The Labute approximate surface area is 91.6 Å². The number of hydrogen-bond acceptors (Lipinski definition) is 2. The quantitative estimate of drug-likeness (QED) is 0.647. The first-order valence-electron chi connectivity index (χ1n) is 4.18. The summed E-state index contributed by atoms with van der Waals surface area (Å²) in [5.74, 6) is 1.15. The highest BCUT2D eigenvalue weighted by Gasteiger charge is 2.00. The van der Waals surface area contributed by atoms with Gasteiger partial charge in [-0.25, -0.2) is 0 Å². The van der Waals surface area contributed by atoms with Gasteiger partial charge in [-0.3, -0.25) is 0 Å². The molecule has 0 aliphatic heterocycles. The molecule has 0 aromatic rings. The van der Waals surface area contributed by atoms with Crippen LogP contribution in [0.4, 0.5) is 0 Å². The molecule has 0 fully saturated rings. The minimum atomic E-state index is 0. The summed E-state index contributed by atoms with van der Waals surface area (Å²) in [5, 5.41) is 0. The highest BCUT2D eigenvalue weighted by molar-refractivity contribution is 8.01. The molecule has 12 heavy (non-hydrogen) atoms. The minimum absolute atomic E-state index is 0. The molecule has 1 unspecified atom stereocenters. The molecule has 1 atom stereocenters. The molecule has 0 aliphatic rings. The van der Waals surface area contributed by atoms with Gasteiger partial charge in [0.25, 0.3) is 0 Å². The molecule has 0 heterocycles. The highest BCUT2D eigenvalue weighted by atomic mass is 35.5. The van der Waals surface area contributed by atoms with E-state index in [2.05, 4.69) is 18.7 Å². The Morgan fingerprint density at radius 3 is 2.17 bits per heavy atom. The molecule has 76 valence electrons. The van der Waals surface area contributed by atoms with Crippen LogP contribution in [-0.2, 0) is 0 Å². The molecule has 1 nitrogen and oxygen atoms in total. The lowest BCUT2D eigenvalue weighted by Crippen LogP contribution is -2.25. The van der Waals surface area contributed by atoms with Crippen LogP contribution in [0, 0.1) is 0 Å². The van der Waals surface area contributed by atoms with Gasteiger partial charge in [0.1, 0.15) is 0 Å². The first-order valence-corrected chi connectivity index (χ1v) is 5.67.